The van der Waals surface area contributed by atoms with E-state index in [0.717, 1.165) is 6.07 Å². The van der Waals surface area contributed by atoms with Crippen LogP contribution in [0.1, 0.15) is 10.4 Å². The number of hydrogen-bond donors (Lipinski definition) is 1. The van der Waals surface area contributed by atoms with Gasteiger partial charge < -0.3 is 10.5 Å². The van der Waals surface area contributed by atoms with Gasteiger partial charge in [-0.05, 0) is 12.1 Å². The Kier molecular flexibility index (Phi) is 2.72. The molecule has 0 aliphatic carbocycles. The summed E-state index contributed by atoms with van der Waals surface area (Å²) in [4.78, 5) is 10.8. The first kappa shape index (κ1) is 9.80. The number of amides is 1. The second kappa shape index (κ2) is 3.62. The lowest BCUT2D eigenvalue weighted by atomic mass is 10.2. The molecule has 0 fully saturated rings. The van der Waals surface area contributed by atoms with E-state index in [4.69, 9.17) is 22.1 Å². The first-order chi connectivity index (χ1) is 6.07. The van der Waals surface area contributed by atoms with Gasteiger partial charge in [-0.15, -0.1) is 0 Å². The van der Waals surface area contributed by atoms with E-state index in [1.54, 1.807) is 0 Å². The van der Waals surface area contributed by atoms with Gasteiger partial charge in [-0.25, -0.2) is 4.39 Å². The highest BCUT2D eigenvalue weighted by atomic mass is 35.5. The highest BCUT2D eigenvalue weighted by Gasteiger charge is 2.17. The van der Waals surface area contributed by atoms with Crippen LogP contribution < -0.4 is 10.5 Å². The van der Waals surface area contributed by atoms with Crippen LogP contribution in [0, 0.1) is 5.82 Å². The van der Waals surface area contributed by atoms with E-state index in [1.165, 1.54) is 13.2 Å². The van der Waals surface area contributed by atoms with E-state index in [9.17, 15) is 9.18 Å². The molecule has 0 aliphatic rings. The van der Waals surface area contributed by atoms with Crippen LogP contribution in [0.3, 0.4) is 0 Å². The van der Waals surface area contributed by atoms with Crippen molar-refractivity contribution in [1.82, 2.24) is 0 Å². The Morgan fingerprint density at radius 2 is 2.23 bits per heavy atom. The first-order valence-electron chi connectivity index (χ1n) is 3.39. The Balaban J connectivity index is 3.43. The summed E-state index contributed by atoms with van der Waals surface area (Å²) in [5.74, 6) is -1.68. The van der Waals surface area contributed by atoms with Gasteiger partial charge in [0.1, 0.15) is 11.4 Å². The van der Waals surface area contributed by atoms with Gasteiger partial charge in [0.15, 0.2) is 5.75 Å². The Morgan fingerprint density at radius 3 is 2.62 bits per heavy atom. The lowest BCUT2D eigenvalue weighted by Crippen LogP contribution is -2.14. The molecule has 0 aromatic heterocycles. The molecule has 1 aromatic carbocycles. The van der Waals surface area contributed by atoms with Gasteiger partial charge in [-0.3, -0.25) is 4.79 Å². The largest absolute Gasteiger partial charge is 0.494 e. The molecule has 0 heterocycles. The van der Waals surface area contributed by atoms with Gasteiger partial charge in [0.25, 0.3) is 5.91 Å². The Morgan fingerprint density at radius 1 is 1.62 bits per heavy atom. The molecule has 0 saturated carbocycles. The molecule has 0 bridgehead atoms. The molecule has 2 N–H and O–H groups in total. The van der Waals surface area contributed by atoms with Crippen LogP contribution in [0.15, 0.2) is 12.1 Å². The Bertz CT molecular complexity index is 354. The minimum Gasteiger partial charge on any atom is -0.494 e. The van der Waals surface area contributed by atoms with Crippen LogP contribution in [-0.2, 0) is 0 Å². The summed E-state index contributed by atoms with van der Waals surface area (Å²) in [6.45, 7) is 0. The van der Waals surface area contributed by atoms with Crippen LogP contribution >= 0.6 is 11.6 Å². The average molecular weight is 204 g/mol. The molecule has 1 aromatic rings. The number of rotatable bonds is 2. The van der Waals surface area contributed by atoms with Crippen molar-refractivity contribution in [3.05, 3.63) is 28.5 Å². The third kappa shape index (κ3) is 1.72. The van der Waals surface area contributed by atoms with Crippen molar-refractivity contribution >= 4 is 17.5 Å². The van der Waals surface area contributed by atoms with E-state index in [2.05, 4.69) is 0 Å². The Labute approximate surface area is 79.2 Å². The normalized spacial score (nSPS) is 9.77. The monoisotopic (exact) mass is 203 g/mol. The highest BCUT2D eigenvalue weighted by Crippen LogP contribution is 2.29. The predicted octanol–water partition coefficient (Wildman–Crippen LogP) is 1.59. The molecule has 0 saturated heterocycles. The molecule has 1 rings (SSSR count). The molecule has 1 amide bonds. The van der Waals surface area contributed by atoms with Crippen molar-refractivity contribution in [3.63, 3.8) is 0 Å². The molecule has 0 aliphatic heterocycles. The average Bonchev–Trinajstić information content (AvgIpc) is 2.07. The standard InChI is InChI=1S/C8H7ClFNO2/c1-13-7-4(9)2-3-5(10)6(7)8(11)12/h2-3H,1H3,(H2,11,12). The lowest BCUT2D eigenvalue weighted by molar-refractivity contribution is 0.0993. The van der Waals surface area contributed by atoms with Gasteiger partial charge in [-0.2, -0.15) is 0 Å². The fourth-order valence-electron chi connectivity index (χ4n) is 0.962. The molecule has 70 valence electrons. The van der Waals surface area contributed by atoms with Gasteiger partial charge in [0, 0.05) is 0 Å². The zero-order chi connectivity index (χ0) is 10.0. The van der Waals surface area contributed by atoms with Crippen LogP contribution in [0.2, 0.25) is 5.02 Å². The molecule has 3 nitrogen and oxygen atoms in total. The van der Waals surface area contributed by atoms with Gasteiger partial charge >= 0.3 is 0 Å². The smallest absolute Gasteiger partial charge is 0.255 e. The highest BCUT2D eigenvalue weighted by molar-refractivity contribution is 6.32. The van der Waals surface area contributed by atoms with E-state index < -0.39 is 11.7 Å². The maximum absolute atomic E-state index is 13.0. The quantitative estimate of drug-likeness (QED) is 0.794. The first-order valence-corrected chi connectivity index (χ1v) is 3.77. The molecule has 0 radical (unpaired) electrons. The molecular formula is C8H7ClFNO2. The molecule has 5 heteroatoms. The van der Waals surface area contributed by atoms with E-state index in [-0.39, 0.29) is 16.3 Å². The predicted molar refractivity (Wildman–Crippen MR) is 46.5 cm³/mol. The van der Waals surface area contributed by atoms with Crippen LogP contribution in [-0.4, -0.2) is 13.0 Å². The molecule has 13 heavy (non-hydrogen) atoms. The van der Waals surface area contributed by atoms with Crippen molar-refractivity contribution in [3.8, 4) is 5.75 Å². The number of halogens is 2. The summed E-state index contributed by atoms with van der Waals surface area (Å²) in [5.41, 5.74) is 4.62. The van der Waals surface area contributed by atoms with Crippen molar-refractivity contribution in [2.75, 3.05) is 7.11 Å². The number of nitrogens with two attached hydrogens (primary N) is 1. The molecular weight excluding hydrogens is 197 g/mol. The third-order valence-corrected chi connectivity index (χ3v) is 1.81. The van der Waals surface area contributed by atoms with Crippen LogP contribution in [0.25, 0.3) is 0 Å². The molecule has 0 unspecified atom stereocenters. The number of carbonyl (C=O) groups excluding carboxylic acids is 1. The number of benzene rings is 1. The van der Waals surface area contributed by atoms with Crippen molar-refractivity contribution < 1.29 is 13.9 Å². The fourth-order valence-corrected chi connectivity index (χ4v) is 1.20. The summed E-state index contributed by atoms with van der Waals surface area (Å²) in [6, 6.07) is 2.35. The van der Waals surface area contributed by atoms with Gasteiger partial charge in [0.2, 0.25) is 0 Å². The van der Waals surface area contributed by atoms with E-state index in [1.807, 2.05) is 0 Å². The second-order valence-electron chi connectivity index (χ2n) is 2.30. The lowest BCUT2D eigenvalue weighted by Gasteiger charge is -2.07. The van der Waals surface area contributed by atoms with E-state index in [0.29, 0.717) is 0 Å². The maximum Gasteiger partial charge on any atom is 0.255 e. The number of methoxy groups -OCH3 is 1. The van der Waals surface area contributed by atoms with Crippen molar-refractivity contribution in [2.24, 2.45) is 5.73 Å². The minimum absolute atomic E-state index is 0.0332. The van der Waals surface area contributed by atoms with Crippen LogP contribution in [0.5, 0.6) is 5.75 Å². The minimum atomic E-state index is -0.906. The van der Waals surface area contributed by atoms with E-state index >= 15 is 0 Å². The van der Waals surface area contributed by atoms with Gasteiger partial charge in [-0.1, -0.05) is 11.6 Å². The van der Waals surface area contributed by atoms with Gasteiger partial charge in [0.05, 0.1) is 12.1 Å². The topological polar surface area (TPSA) is 52.3 Å². The summed E-state index contributed by atoms with van der Waals surface area (Å²) < 4.78 is 17.8. The van der Waals surface area contributed by atoms with Crippen molar-refractivity contribution in [1.29, 1.82) is 0 Å². The number of ether oxygens (including phenoxy) is 1. The maximum atomic E-state index is 13.0. The van der Waals surface area contributed by atoms with Crippen molar-refractivity contribution in [2.45, 2.75) is 0 Å². The molecule has 0 spiro atoms. The second-order valence-corrected chi connectivity index (χ2v) is 2.71. The number of primary amides is 1. The zero-order valence-corrected chi connectivity index (χ0v) is 7.56. The summed E-state index contributed by atoms with van der Waals surface area (Å²) in [7, 11) is 1.28. The Hall–Kier alpha value is -1.29. The number of hydrogen-bond acceptors (Lipinski definition) is 2. The summed E-state index contributed by atoms with van der Waals surface area (Å²) in [5, 5.41) is 0.151. The fraction of sp³-hybridized carbons (Fsp3) is 0.125. The third-order valence-electron chi connectivity index (χ3n) is 1.51. The molecule has 0 atom stereocenters. The SMILES string of the molecule is COc1c(Cl)ccc(F)c1C(N)=O. The zero-order valence-electron chi connectivity index (χ0n) is 6.80. The summed E-state index contributed by atoms with van der Waals surface area (Å²) >= 11 is 5.65. The summed E-state index contributed by atoms with van der Waals surface area (Å²) in [6.07, 6.45) is 0. The van der Waals surface area contributed by atoms with Crippen LogP contribution in [0.4, 0.5) is 4.39 Å². The number of carbonyl (C=O) groups is 1.